The second kappa shape index (κ2) is 10.1. The second-order valence-electron chi connectivity index (χ2n) is 8.26. The first kappa shape index (κ1) is 22.9. The first-order valence-corrected chi connectivity index (χ1v) is 11.5. The molecule has 0 aliphatic carbocycles. The van der Waals surface area contributed by atoms with Crippen LogP contribution in [0.15, 0.2) is 41.5 Å². The molecule has 0 saturated carbocycles. The van der Waals surface area contributed by atoms with Gasteiger partial charge in [0.25, 0.3) is 0 Å². The van der Waals surface area contributed by atoms with Crippen molar-refractivity contribution in [3.8, 4) is 11.5 Å². The number of methoxy groups -OCH3 is 2. The van der Waals surface area contributed by atoms with Crippen molar-refractivity contribution in [2.75, 3.05) is 52.3 Å². The Kier molecular flexibility index (Phi) is 7.03. The molecule has 1 atom stereocenters. The zero-order valence-corrected chi connectivity index (χ0v) is 19.9. The molecule has 0 radical (unpaired) electrons. The number of anilines is 1. The van der Waals surface area contributed by atoms with Crippen LogP contribution >= 0.6 is 0 Å². The standard InChI is InChI=1S/C25H33N5O3/c1-5-19-14-18-15-22(32-3)23(33-4)16-21(18)24(28-30(19)25(31)26-2)17-6-8-20(9-7-17)29-12-10-27-11-13-29/h6-9,15-16,19,27H,5,10-14H2,1-4H3,(H,26,31)/t19-/m0/s1. The molecule has 1 fully saturated rings. The summed E-state index contributed by atoms with van der Waals surface area (Å²) in [7, 11) is 4.90. The second-order valence-corrected chi connectivity index (χ2v) is 8.26. The highest BCUT2D eigenvalue weighted by molar-refractivity contribution is 6.14. The molecule has 2 aliphatic heterocycles. The third-order valence-corrected chi connectivity index (χ3v) is 6.39. The molecule has 1 saturated heterocycles. The van der Waals surface area contributed by atoms with Gasteiger partial charge in [-0.15, -0.1) is 0 Å². The summed E-state index contributed by atoms with van der Waals surface area (Å²) in [5, 5.41) is 12.6. The topological polar surface area (TPSA) is 78.4 Å². The van der Waals surface area contributed by atoms with E-state index in [1.54, 1.807) is 26.3 Å². The Morgan fingerprint density at radius 2 is 1.79 bits per heavy atom. The van der Waals surface area contributed by atoms with Gasteiger partial charge in [-0.2, -0.15) is 5.10 Å². The van der Waals surface area contributed by atoms with Gasteiger partial charge in [0.05, 0.1) is 26.0 Å². The van der Waals surface area contributed by atoms with Crippen molar-refractivity contribution in [3.63, 3.8) is 0 Å². The maximum atomic E-state index is 12.8. The molecule has 0 unspecified atom stereocenters. The molecule has 2 aromatic rings. The van der Waals surface area contributed by atoms with Crippen LogP contribution < -0.4 is 25.0 Å². The van der Waals surface area contributed by atoms with Crippen LogP contribution in [0.25, 0.3) is 0 Å². The Morgan fingerprint density at radius 3 is 2.39 bits per heavy atom. The van der Waals surface area contributed by atoms with Gasteiger partial charge in [-0.05, 0) is 42.7 Å². The van der Waals surface area contributed by atoms with Crippen LogP contribution in [-0.4, -0.2) is 70.2 Å². The zero-order chi connectivity index (χ0) is 23.4. The predicted octanol–water partition coefficient (Wildman–Crippen LogP) is 2.84. The molecule has 8 heteroatoms. The fraction of sp³-hybridized carbons (Fsp3) is 0.440. The molecular formula is C25H33N5O3. The summed E-state index contributed by atoms with van der Waals surface area (Å²) in [5.41, 5.74) is 4.92. The van der Waals surface area contributed by atoms with Crippen molar-refractivity contribution in [3.05, 3.63) is 53.1 Å². The average Bonchev–Trinajstić information content (AvgIpc) is 3.04. The van der Waals surface area contributed by atoms with Crippen LogP contribution in [0, 0.1) is 0 Å². The molecule has 2 aliphatic rings. The molecule has 8 nitrogen and oxygen atoms in total. The number of carbonyl (C=O) groups excluding carboxylic acids is 1. The lowest BCUT2D eigenvalue weighted by Gasteiger charge is -2.29. The number of fused-ring (bicyclic) bond motifs is 1. The Bertz CT molecular complexity index is 1020. The smallest absolute Gasteiger partial charge is 0.337 e. The molecule has 33 heavy (non-hydrogen) atoms. The van der Waals surface area contributed by atoms with E-state index in [1.807, 2.05) is 12.1 Å². The number of carbonyl (C=O) groups is 1. The molecule has 0 spiro atoms. The third-order valence-electron chi connectivity index (χ3n) is 6.39. The van der Waals surface area contributed by atoms with Crippen molar-refractivity contribution >= 4 is 17.4 Å². The van der Waals surface area contributed by atoms with Crippen molar-refractivity contribution in [1.29, 1.82) is 0 Å². The molecule has 2 aromatic carbocycles. The summed E-state index contributed by atoms with van der Waals surface area (Å²) in [6, 6.07) is 12.1. The number of nitrogens with zero attached hydrogens (tertiary/aromatic N) is 3. The molecule has 4 rings (SSSR count). The number of benzene rings is 2. The third kappa shape index (κ3) is 4.61. The van der Waals surface area contributed by atoms with Crippen LogP contribution in [0.2, 0.25) is 0 Å². The molecule has 0 bridgehead atoms. The monoisotopic (exact) mass is 451 g/mol. The molecule has 2 heterocycles. The minimum absolute atomic E-state index is 0.0700. The summed E-state index contributed by atoms with van der Waals surface area (Å²) in [5.74, 6) is 1.32. The van der Waals surface area contributed by atoms with Gasteiger partial charge in [0.15, 0.2) is 11.5 Å². The van der Waals surface area contributed by atoms with Gasteiger partial charge in [0, 0.05) is 50.0 Å². The number of urea groups is 1. The van der Waals surface area contributed by atoms with Crippen LogP contribution in [0.1, 0.15) is 30.0 Å². The largest absolute Gasteiger partial charge is 0.493 e. The van der Waals surface area contributed by atoms with Gasteiger partial charge in [-0.1, -0.05) is 19.1 Å². The molecule has 0 aromatic heterocycles. The maximum absolute atomic E-state index is 12.8. The van der Waals surface area contributed by atoms with Gasteiger partial charge in [-0.25, -0.2) is 9.80 Å². The Morgan fingerprint density at radius 1 is 1.12 bits per heavy atom. The number of piperazine rings is 1. The lowest BCUT2D eigenvalue weighted by molar-refractivity contribution is 0.177. The normalized spacial score (nSPS) is 18.2. The Labute approximate surface area is 195 Å². The fourth-order valence-corrected chi connectivity index (χ4v) is 4.50. The van der Waals surface area contributed by atoms with Gasteiger partial charge in [-0.3, -0.25) is 0 Å². The Hall–Kier alpha value is -3.26. The zero-order valence-electron chi connectivity index (χ0n) is 19.9. The summed E-state index contributed by atoms with van der Waals surface area (Å²) in [4.78, 5) is 15.1. The Balaban J connectivity index is 1.82. The number of rotatable bonds is 5. The lowest BCUT2D eigenvalue weighted by Crippen LogP contribution is -2.43. The van der Waals surface area contributed by atoms with Crippen LogP contribution in [0.3, 0.4) is 0 Å². The highest BCUT2D eigenvalue weighted by Crippen LogP contribution is 2.35. The average molecular weight is 452 g/mol. The van der Waals surface area contributed by atoms with Crippen molar-refractivity contribution < 1.29 is 14.3 Å². The maximum Gasteiger partial charge on any atom is 0.337 e. The molecule has 2 N–H and O–H groups in total. The summed E-state index contributed by atoms with van der Waals surface area (Å²) < 4.78 is 11.2. The van der Waals surface area contributed by atoms with E-state index >= 15 is 0 Å². The fourth-order valence-electron chi connectivity index (χ4n) is 4.50. The summed E-state index contributed by atoms with van der Waals surface area (Å²) >= 11 is 0. The van der Waals surface area contributed by atoms with E-state index in [0.717, 1.165) is 55.0 Å². The van der Waals surface area contributed by atoms with E-state index in [-0.39, 0.29) is 12.1 Å². The molecule has 176 valence electrons. The lowest BCUT2D eigenvalue weighted by atomic mass is 9.93. The number of hydrogen-bond acceptors (Lipinski definition) is 6. The molecule has 2 amide bonds. The van der Waals surface area contributed by atoms with E-state index < -0.39 is 0 Å². The summed E-state index contributed by atoms with van der Waals surface area (Å²) in [6.07, 6.45) is 1.45. The summed E-state index contributed by atoms with van der Waals surface area (Å²) in [6.45, 7) is 6.03. The predicted molar refractivity (Wildman–Crippen MR) is 131 cm³/mol. The number of hydrogen-bond donors (Lipinski definition) is 2. The van der Waals surface area contributed by atoms with E-state index in [0.29, 0.717) is 17.9 Å². The van der Waals surface area contributed by atoms with E-state index in [2.05, 4.69) is 46.7 Å². The van der Waals surface area contributed by atoms with Crippen LogP contribution in [0.5, 0.6) is 11.5 Å². The SMILES string of the molecule is CC[C@H]1Cc2cc(OC)c(OC)cc2C(c2ccc(N3CCNCC3)cc2)=NN1C(=O)NC. The van der Waals surface area contributed by atoms with Gasteiger partial charge < -0.3 is 25.0 Å². The minimum atomic E-state index is -0.219. The van der Waals surface area contributed by atoms with Gasteiger partial charge >= 0.3 is 6.03 Å². The first-order valence-electron chi connectivity index (χ1n) is 11.5. The quantitative estimate of drug-likeness (QED) is 0.731. The highest BCUT2D eigenvalue weighted by atomic mass is 16.5. The highest BCUT2D eigenvalue weighted by Gasteiger charge is 2.30. The number of amides is 2. The van der Waals surface area contributed by atoms with E-state index in [4.69, 9.17) is 14.6 Å². The van der Waals surface area contributed by atoms with Crippen LogP contribution in [0.4, 0.5) is 10.5 Å². The van der Waals surface area contributed by atoms with Gasteiger partial charge in [0.1, 0.15) is 0 Å². The van der Waals surface area contributed by atoms with E-state index in [9.17, 15) is 4.79 Å². The van der Waals surface area contributed by atoms with E-state index in [1.165, 1.54) is 5.69 Å². The minimum Gasteiger partial charge on any atom is -0.493 e. The van der Waals surface area contributed by atoms with Crippen molar-refractivity contribution in [1.82, 2.24) is 15.6 Å². The number of hydrazone groups is 1. The number of ether oxygens (including phenoxy) is 2. The van der Waals surface area contributed by atoms with Crippen molar-refractivity contribution in [2.45, 2.75) is 25.8 Å². The molecular weight excluding hydrogens is 418 g/mol. The number of nitrogens with one attached hydrogen (secondary N) is 2. The van der Waals surface area contributed by atoms with Crippen LogP contribution in [-0.2, 0) is 6.42 Å². The first-order chi connectivity index (χ1) is 16.1. The van der Waals surface area contributed by atoms with Crippen molar-refractivity contribution in [2.24, 2.45) is 5.10 Å². The van der Waals surface area contributed by atoms with Gasteiger partial charge in [0.2, 0.25) is 0 Å².